The molecule has 2 heteroatoms. The molecule has 0 amide bonds. The molecule has 0 spiro atoms. The van der Waals surface area contributed by atoms with Gasteiger partial charge in [0.2, 0.25) is 0 Å². The van der Waals surface area contributed by atoms with Crippen molar-refractivity contribution in [3.05, 3.63) is 11.8 Å². The van der Waals surface area contributed by atoms with E-state index in [9.17, 15) is 4.79 Å². The molecule has 0 atom stereocenters. The molecule has 0 aromatic carbocycles. The third-order valence-electron chi connectivity index (χ3n) is 3.20. The number of carbonyl (C=O) groups is 1. The van der Waals surface area contributed by atoms with Gasteiger partial charge in [0.1, 0.15) is 0 Å². The van der Waals surface area contributed by atoms with E-state index >= 15 is 0 Å². The fourth-order valence-electron chi connectivity index (χ4n) is 2.43. The molecule has 0 radical (unpaired) electrons. The van der Waals surface area contributed by atoms with Crippen LogP contribution in [0.15, 0.2) is 11.8 Å². The van der Waals surface area contributed by atoms with Crippen molar-refractivity contribution in [2.24, 2.45) is 0 Å². The maximum atomic E-state index is 11.1. The maximum absolute atomic E-state index is 11.1. The summed E-state index contributed by atoms with van der Waals surface area (Å²) in [4.78, 5) is 13.5. The number of hydrogen-bond donors (Lipinski definition) is 0. The van der Waals surface area contributed by atoms with E-state index in [4.69, 9.17) is 0 Å². The highest BCUT2D eigenvalue weighted by Crippen LogP contribution is 2.34. The Hall–Kier alpha value is -0.790. The molecule has 0 bridgehead atoms. The first-order valence-corrected chi connectivity index (χ1v) is 5.11. The number of rotatable bonds is 1. The Kier molecular flexibility index (Phi) is 1.94. The van der Waals surface area contributed by atoms with E-state index in [2.05, 4.69) is 18.7 Å². The molecular weight excluding hydrogens is 162 g/mol. The van der Waals surface area contributed by atoms with Crippen LogP contribution >= 0.6 is 0 Å². The van der Waals surface area contributed by atoms with E-state index in [0.29, 0.717) is 5.78 Å². The summed E-state index contributed by atoms with van der Waals surface area (Å²) in [6.45, 7) is 5.67. The van der Waals surface area contributed by atoms with E-state index in [-0.39, 0.29) is 5.54 Å². The number of carbonyl (C=O) groups excluding carboxylic acids is 1. The second-order valence-electron chi connectivity index (χ2n) is 4.67. The van der Waals surface area contributed by atoms with Gasteiger partial charge in [-0.25, -0.2) is 0 Å². The minimum atomic E-state index is 0.274. The summed E-state index contributed by atoms with van der Waals surface area (Å²) in [6.07, 6.45) is 6.04. The van der Waals surface area contributed by atoms with Gasteiger partial charge in [0.25, 0.3) is 0 Å². The summed E-state index contributed by atoms with van der Waals surface area (Å²) in [5.74, 6) is 0.303. The molecule has 13 heavy (non-hydrogen) atoms. The summed E-state index contributed by atoms with van der Waals surface area (Å²) in [5, 5.41) is 0. The van der Waals surface area contributed by atoms with Crippen molar-refractivity contribution < 1.29 is 4.79 Å². The first kappa shape index (κ1) is 8.79. The highest BCUT2D eigenvalue weighted by molar-refractivity contribution is 5.92. The van der Waals surface area contributed by atoms with Gasteiger partial charge in [-0.1, -0.05) is 0 Å². The Morgan fingerprint density at radius 3 is 2.62 bits per heavy atom. The molecule has 0 aromatic rings. The lowest BCUT2D eigenvalue weighted by atomic mass is 10.0. The zero-order chi connectivity index (χ0) is 9.47. The second kappa shape index (κ2) is 2.86. The van der Waals surface area contributed by atoms with Crippen LogP contribution in [-0.2, 0) is 4.79 Å². The maximum Gasteiger partial charge on any atom is 0.157 e. The molecule has 2 rings (SSSR count). The Balaban J connectivity index is 2.17. The Labute approximate surface area is 79.6 Å². The fraction of sp³-hybridized carbons (Fsp3) is 0.727. The molecule has 1 heterocycles. The number of likely N-dealkylation sites (tertiary alicyclic amines) is 1. The topological polar surface area (TPSA) is 20.3 Å². The highest BCUT2D eigenvalue weighted by atomic mass is 16.1. The smallest absolute Gasteiger partial charge is 0.157 e. The predicted octanol–water partition coefficient (Wildman–Crippen LogP) is 2.11. The van der Waals surface area contributed by atoms with Gasteiger partial charge in [-0.2, -0.15) is 0 Å². The van der Waals surface area contributed by atoms with Crippen LogP contribution in [0.3, 0.4) is 0 Å². The van der Waals surface area contributed by atoms with Crippen LogP contribution in [0.1, 0.15) is 39.5 Å². The third kappa shape index (κ3) is 1.50. The Morgan fingerprint density at radius 2 is 2.15 bits per heavy atom. The van der Waals surface area contributed by atoms with Gasteiger partial charge in [0, 0.05) is 30.3 Å². The molecule has 1 aliphatic heterocycles. The van der Waals surface area contributed by atoms with E-state index in [0.717, 1.165) is 19.4 Å². The van der Waals surface area contributed by atoms with Crippen LogP contribution in [0, 0.1) is 0 Å². The largest absolute Gasteiger partial charge is 0.370 e. The first-order valence-electron chi connectivity index (χ1n) is 5.11. The molecule has 1 fully saturated rings. The minimum Gasteiger partial charge on any atom is -0.370 e. The number of allylic oxidation sites excluding steroid dienone is 2. The highest BCUT2D eigenvalue weighted by Gasteiger charge is 2.34. The standard InChI is InChI=1S/C11H17NO/c1-11(2)6-3-7-12(11)9-4-5-10(13)8-9/h8H,3-7H2,1-2H3. The van der Waals surface area contributed by atoms with Crippen molar-refractivity contribution in [2.45, 2.75) is 45.1 Å². The van der Waals surface area contributed by atoms with Crippen molar-refractivity contribution in [2.75, 3.05) is 6.54 Å². The molecule has 0 N–H and O–H groups in total. The Morgan fingerprint density at radius 1 is 1.38 bits per heavy atom. The lowest BCUT2D eigenvalue weighted by Gasteiger charge is -2.34. The Bertz CT molecular complexity index is 265. The molecule has 0 aromatic heterocycles. The molecule has 1 aliphatic carbocycles. The predicted molar refractivity (Wildman–Crippen MR) is 52.3 cm³/mol. The molecule has 0 saturated carbocycles. The van der Waals surface area contributed by atoms with E-state index in [1.165, 1.54) is 18.5 Å². The van der Waals surface area contributed by atoms with Gasteiger partial charge in [-0.15, -0.1) is 0 Å². The van der Waals surface area contributed by atoms with E-state index in [1.54, 1.807) is 0 Å². The second-order valence-corrected chi connectivity index (χ2v) is 4.67. The summed E-state index contributed by atoms with van der Waals surface area (Å²) in [7, 11) is 0. The summed E-state index contributed by atoms with van der Waals surface area (Å²) in [6, 6.07) is 0. The monoisotopic (exact) mass is 179 g/mol. The van der Waals surface area contributed by atoms with Gasteiger partial charge in [0.15, 0.2) is 5.78 Å². The summed E-state index contributed by atoms with van der Waals surface area (Å²) in [5.41, 5.74) is 1.55. The SMILES string of the molecule is CC1(C)CCCN1C1=CC(=O)CC1. The molecule has 2 aliphatic rings. The zero-order valence-electron chi connectivity index (χ0n) is 8.47. The number of nitrogens with zero attached hydrogens (tertiary/aromatic N) is 1. The average Bonchev–Trinajstić information content (AvgIpc) is 2.56. The molecular formula is C11H17NO. The van der Waals surface area contributed by atoms with Gasteiger partial charge in [-0.3, -0.25) is 4.79 Å². The normalized spacial score (nSPS) is 26.8. The third-order valence-corrected chi connectivity index (χ3v) is 3.20. The zero-order valence-corrected chi connectivity index (χ0v) is 8.47. The van der Waals surface area contributed by atoms with Crippen molar-refractivity contribution in [3.63, 3.8) is 0 Å². The van der Waals surface area contributed by atoms with Crippen LogP contribution in [0.5, 0.6) is 0 Å². The number of hydrogen-bond acceptors (Lipinski definition) is 2. The minimum absolute atomic E-state index is 0.274. The lowest BCUT2D eigenvalue weighted by molar-refractivity contribution is -0.114. The number of ketones is 1. The molecule has 0 unspecified atom stereocenters. The van der Waals surface area contributed by atoms with Gasteiger partial charge in [0.05, 0.1) is 0 Å². The van der Waals surface area contributed by atoms with Crippen LogP contribution in [0.25, 0.3) is 0 Å². The molecule has 1 saturated heterocycles. The lowest BCUT2D eigenvalue weighted by Crippen LogP contribution is -2.36. The average molecular weight is 179 g/mol. The fourth-order valence-corrected chi connectivity index (χ4v) is 2.43. The van der Waals surface area contributed by atoms with Crippen molar-refractivity contribution in [1.82, 2.24) is 4.90 Å². The summed E-state index contributed by atoms with van der Waals surface area (Å²) >= 11 is 0. The van der Waals surface area contributed by atoms with Crippen LogP contribution in [0.2, 0.25) is 0 Å². The van der Waals surface area contributed by atoms with Gasteiger partial charge >= 0.3 is 0 Å². The van der Waals surface area contributed by atoms with E-state index in [1.807, 2.05) is 6.08 Å². The van der Waals surface area contributed by atoms with E-state index < -0.39 is 0 Å². The van der Waals surface area contributed by atoms with Crippen LogP contribution in [-0.4, -0.2) is 22.8 Å². The van der Waals surface area contributed by atoms with Crippen LogP contribution < -0.4 is 0 Å². The van der Waals surface area contributed by atoms with Gasteiger partial charge < -0.3 is 4.90 Å². The molecule has 2 nitrogen and oxygen atoms in total. The van der Waals surface area contributed by atoms with Crippen molar-refractivity contribution in [3.8, 4) is 0 Å². The molecule has 72 valence electrons. The summed E-state index contributed by atoms with van der Waals surface area (Å²) < 4.78 is 0. The van der Waals surface area contributed by atoms with Crippen molar-refractivity contribution >= 4 is 5.78 Å². The quantitative estimate of drug-likeness (QED) is 0.614. The van der Waals surface area contributed by atoms with Gasteiger partial charge in [-0.05, 0) is 33.1 Å². The van der Waals surface area contributed by atoms with Crippen molar-refractivity contribution in [1.29, 1.82) is 0 Å². The first-order chi connectivity index (χ1) is 6.09. The van der Waals surface area contributed by atoms with Crippen LogP contribution in [0.4, 0.5) is 0 Å².